The van der Waals surface area contributed by atoms with Crippen molar-refractivity contribution in [2.45, 2.75) is 173 Å². The van der Waals surface area contributed by atoms with Gasteiger partial charge in [0.25, 0.3) is 0 Å². The fraction of sp³-hybridized carbons (Fsp3) is 0.596. The van der Waals surface area contributed by atoms with Crippen LogP contribution in [0.5, 0.6) is 0 Å². The van der Waals surface area contributed by atoms with Gasteiger partial charge in [-0.1, -0.05) is 127 Å². The van der Waals surface area contributed by atoms with Crippen LogP contribution < -0.4 is 15.3 Å². The number of rotatable bonds is 30. The first-order chi connectivity index (χ1) is 31.0. The SMILES string of the molecule is CCCCCCCCCCCC[N+](C)(C)CCCCCCCCCCC(=O)NCc1ccc(C2(CCC(O)c3ccc(F)cc3)CC(=O)N2c2ccc(F)cc2)cc1.O=C([O-])C(F)(F)F. The zero-order valence-corrected chi connectivity index (χ0v) is 39.0. The van der Waals surface area contributed by atoms with Crippen LogP contribution in [0.15, 0.2) is 72.8 Å². The summed E-state index contributed by atoms with van der Waals surface area (Å²) >= 11 is 0. The number of anilines is 1. The number of amides is 2. The highest BCUT2D eigenvalue weighted by atomic mass is 19.4. The molecule has 0 saturated carbocycles. The van der Waals surface area contributed by atoms with Gasteiger partial charge in [0.05, 0.1) is 45.2 Å². The molecule has 1 heterocycles. The summed E-state index contributed by atoms with van der Waals surface area (Å²) in [5, 5.41) is 22.8. The van der Waals surface area contributed by atoms with E-state index < -0.39 is 23.8 Å². The minimum atomic E-state index is -5.19. The van der Waals surface area contributed by atoms with Crippen LogP contribution in [0.3, 0.4) is 0 Å². The molecule has 0 aliphatic carbocycles. The molecule has 0 bridgehead atoms. The lowest BCUT2D eigenvalue weighted by Crippen LogP contribution is -2.61. The molecule has 1 fully saturated rings. The number of halogens is 5. The molecule has 0 spiro atoms. The van der Waals surface area contributed by atoms with Gasteiger partial charge in [0, 0.05) is 18.7 Å². The van der Waals surface area contributed by atoms with Crippen LogP contribution >= 0.6 is 0 Å². The summed E-state index contributed by atoms with van der Waals surface area (Å²) in [5.41, 5.74) is 2.32. The minimum Gasteiger partial charge on any atom is -0.542 e. The topological polar surface area (TPSA) is 110 Å². The second-order valence-corrected chi connectivity index (χ2v) is 18.4. The molecule has 1 aliphatic rings. The van der Waals surface area contributed by atoms with E-state index in [0.717, 1.165) is 28.5 Å². The Balaban J connectivity index is 0.00000148. The first kappa shape index (κ1) is 55.0. The Hall–Kier alpha value is -4.36. The number of carboxylic acids is 1. The fourth-order valence-corrected chi connectivity index (χ4v) is 8.59. The lowest BCUT2D eigenvalue weighted by molar-refractivity contribution is -0.890. The number of hydrogen-bond acceptors (Lipinski definition) is 5. The monoisotopic (exact) mass is 916 g/mol. The molecule has 0 radical (unpaired) electrons. The van der Waals surface area contributed by atoms with Gasteiger partial charge in [0.15, 0.2) is 0 Å². The molecular formula is C52H74F5N3O5. The number of β-lactam (4-membered cyclic amide) rings is 1. The molecule has 3 aromatic carbocycles. The Morgan fingerprint density at radius 2 is 1.17 bits per heavy atom. The maximum atomic E-state index is 13.8. The third-order valence-electron chi connectivity index (χ3n) is 12.5. The number of aliphatic hydroxyl groups is 1. The summed E-state index contributed by atoms with van der Waals surface area (Å²) in [7, 11) is 4.80. The number of quaternary nitrogens is 1. The molecular weight excluding hydrogens is 842 g/mol. The smallest absolute Gasteiger partial charge is 0.430 e. The Morgan fingerprint density at radius 1 is 0.723 bits per heavy atom. The van der Waals surface area contributed by atoms with Crippen LogP contribution in [0.1, 0.15) is 171 Å². The zero-order chi connectivity index (χ0) is 47.7. The van der Waals surface area contributed by atoms with Gasteiger partial charge >= 0.3 is 6.18 Å². The second-order valence-electron chi connectivity index (χ2n) is 18.4. The molecule has 3 aromatic rings. The fourth-order valence-electron chi connectivity index (χ4n) is 8.59. The molecule has 1 aliphatic heterocycles. The van der Waals surface area contributed by atoms with Gasteiger partial charge in [0.1, 0.15) is 17.6 Å². The normalized spacial score (nSPS) is 15.5. The van der Waals surface area contributed by atoms with Gasteiger partial charge in [0.2, 0.25) is 11.8 Å². The first-order valence-electron chi connectivity index (χ1n) is 24.0. The molecule has 362 valence electrons. The number of nitrogens with one attached hydrogen (secondary N) is 1. The molecule has 13 heteroatoms. The van der Waals surface area contributed by atoms with Crippen molar-refractivity contribution in [3.05, 3.63) is 101 Å². The summed E-state index contributed by atoms with van der Waals surface area (Å²) in [6.45, 7) is 5.28. The second kappa shape index (κ2) is 28.6. The molecule has 2 amide bonds. The van der Waals surface area contributed by atoms with Crippen molar-refractivity contribution in [2.75, 3.05) is 32.1 Å². The van der Waals surface area contributed by atoms with E-state index in [2.05, 4.69) is 26.3 Å². The Kier molecular flexibility index (Phi) is 24.2. The van der Waals surface area contributed by atoms with Crippen LogP contribution in [-0.4, -0.2) is 60.7 Å². The first-order valence-corrected chi connectivity index (χ1v) is 24.0. The van der Waals surface area contributed by atoms with Crippen molar-refractivity contribution in [1.82, 2.24) is 5.32 Å². The van der Waals surface area contributed by atoms with Gasteiger partial charge < -0.3 is 29.7 Å². The number of aliphatic carboxylic acids is 1. The van der Waals surface area contributed by atoms with E-state index in [4.69, 9.17) is 9.90 Å². The third-order valence-corrected chi connectivity index (χ3v) is 12.5. The number of carbonyl (C=O) groups is 3. The van der Waals surface area contributed by atoms with Crippen LogP contribution in [0.4, 0.5) is 27.6 Å². The Morgan fingerprint density at radius 3 is 1.63 bits per heavy atom. The number of carboxylic acid groups (broad SMARTS) is 1. The maximum Gasteiger partial charge on any atom is 0.430 e. The van der Waals surface area contributed by atoms with Crippen molar-refractivity contribution < 1.29 is 51.0 Å². The van der Waals surface area contributed by atoms with Gasteiger partial charge in [-0.3, -0.25) is 9.59 Å². The van der Waals surface area contributed by atoms with E-state index in [-0.39, 0.29) is 29.9 Å². The number of alkyl halides is 3. The maximum absolute atomic E-state index is 13.8. The predicted octanol–water partition coefficient (Wildman–Crippen LogP) is 11.5. The molecule has 8 nitrogen and oxygen atoms in total. The average Bonchev–Trinajstić information content (AvgIpc) is 3.26. The average molecular weight is 916 g/mol. The zero-order valence-electron chi connectivity index (χ0n) is 39.0. The summed E-state index contributed by atoms with van der Waals surface area (Å²) in [5.74, 6) is -3.78. The van der Waals surface area contributed by atoms with E-state index >= 15 is 0 Å². The molecule has 1 saturated heterocycles. The van der Waals surface area contributed by atoms with Crippen molar-refractivity contribution in [3.8, 4) is 0 Å². The van der Waals surface area contributed by atoms with Crippen LogP contribution in [0.25, 0.3) is 0 Å². The minimum absolute atomic E-state index is 0.0564. The van der Waals surface area contributed by atoms with Crippen molar-refractivity contribution in [3.63, 3.8) is 0 Å². The van der Waals surface area contributed by atoms with E-state index in [1.165, 1.54) is 140 Å². The van der Waals surface area contributed by atoms with Gasteiger partial charge in [-0.05, 0) is 98.0 Å². The molecule has 0 aromatic heterocycles. The number of hydrogen-bond donors (Lipinski definition) is 2. The highest BCUT2D eigenvalue weighted by Crippen LogP contribution is 2.49. The largest absolute Gasteiger partial charge is 0.542 e. The number of aliphatic hydroxyl groups excluding tert-OH is 1. The number of unbranched alkanes of at least 4 members (excludes halogenated alkanes) is 16. The van der Waals surface area contributed by atoms with Crippen LogP contribution in [0, 0.1) is 11.6 Å². The van der Waals surface area contributed by atoms with Crippen LogP contribution in [0.2, 0.25) is 0 Å². The van der Waals surface area contributed by atoms with Crippen LogP contribution in [-0.2, 0) is 26.5 Å². The Bertz CT molecular complexity index is 1820. The van der Waals surface area contributed by atoms with E-state index in [1.807, 2.05) is 24.3 Å². The predicted molar refractivity (Wildman–Crippen MR) is 245 cm³/mol. The highest BCUT2D eigenvalue weighted by Gasteiger charge is 2.52. The third kappa shape index (κ3) is 20.4. The van der Waals surface area contributed by atoms with Crippen molar-refractivity contribution in [1.29, 1.82) is 0 Å². The number of benzene rings is 3. The number of carbonyl (C=O) groups excluding carboxylic acids is 3. The van der Waals surface area contributed by atoms with Gasteiger partial charge in [-0.15, -0.1) is 0 Å². The van der Waals surface area contributed by atoms with Gasteiger partial charge in [-0.2, -0.15) is 13.2 Å². The molecule has 2 N–H and O–H groups in total. The van der Waals surface area contributed by atoms with E-state index in [0.29, 0.717) is 37.1 Å². The quantitative estimate of drug-likeness (QED) is 0.0300. The van der Waals surface area contributed by atoms with E-state index in [9.17, 15) is 36.6 Å². The molecule has 2 unspecified atom stereocenters. The van der Waals surface area contributed by atoms with E-state index in [1.54, 1.807) is 29.2 Å². The molecule has 4 rings (SSSR count). The highest BCUT2D eigenvalue weighted by molar-refractivity contribution is 6.03. The van der Waals surface area contributed by atoms with Crippen molar-refractivity contribution in [2.24, 2.45) is 0 Å². The lowest BCUT2D eigenvalue weighted by atomic mass is 9.73. The molecule has 65 heavy (non-hydrogen) atoms. The molecule has 2 atom stereocenters. The van der Waals surface area contributed by atoms with Gasteiger partial charge in [-0.25, -0.2) is 8.78 Å². The number of nitrogens with zero attached hydrogens (tertiary/aromatic N) is 2. The lowest BCUT2D eigenvalue weighted by Gasteiger charge is -2.53. The van der Waals surface area contributed by atoms with Crippen molar-refractivity contribution >= 4 is 23.5 Å². The summed E-state index contributed by atoms with van der Waals surface area (Å²) < 4.78 is 60.0. The Labute approximate surface area is 384 Å². The standard InChI is InChI=1S/C50H73F2N3O3.C2HF3O2/c1-4-5-6-7-8-9-11-14-17-20-37-55(2,3)38-21-18-15-12-10-13-16-19-22-48(57)53-40-41-23-27-43(28-24-41)50(36-35-47(56)42-25-29-44(51)30-26-42)39-49(58)54(50)46-33-31-45(52)32-34-46;3-2(4,5)1(6)7/h23-34,47,56H,4-22,35-40H2,1-3H3;(H,6,7). The summed E-state index contributed by atoms with van der Waals surface area (Å²) in [6.07, 6.45) is 19.1. The summed E-state index contributed by atoms with van der Waals surface area (Å²) in [4.78, 5) is 36.2. The summed E-state index contributed by atoms with van der Waals surface area (Å²) in [6, 6.07) is 19.6.